The third-order valence-corrected chi connectivity index (χ3v) is 3.42. The fourth-order valence-corrected chi connectivity index (χ4v) is 2.39. The summed E-state index contributed by atoms with van der Waals surface area (Å²) in [5.74, 6) is -0.339. The number of ether oxygens (including phenoxy) is 3. The molecule has 0 spiro atoms. The second-order valence-corrected chi connectivity index (χ2v) is 4.97. The van der Waals surface area contributed by atoms with Crippen LogP contribution in [0.3, 0.4) is 0 Å². The van der Waals surface area contributed by atoms with E-state index in [0.717, 1.165) is 32.7 Å². The standard InChI is InChI=1S/C14H18O3/c1-11-3-2-4-12(7-11)5-6-14-15-8-13(9-16-14)10-17-14/h2-4,7,13H,5-6,8-10H2,1H3. The van der Waals surface area contributed by atoms with E-state index in [4.69, 9.17) is 14.2 Å². The quantitative estimate of drug-likeness (QED) is 0.803. The molecule has 1 aromatic carbocycles. The van der Waals surface area contributed by atoms with Gasteiger partial charge in [-0.15, -0.1) is 0 Å². The maximum absolute atomic E-state index is 5.67. The fourth-order valence-electron chi connectivity index (χ4n) is 2.39. The molecule has 0 aliphatic carbocycles. The van der Waals surface area contributed by atoms with Crippen LogP contribution in [0.2, 0.25) is 0 Å². The highest BCUT2D eigenvalue weighted by Gasteiger charge is 2.44. The van der Waals surface area contributed by atoms with Gasteiger partial charge in [0.2, 0.25) is 0 Å². The van der Waals surface area contributed by atoms with Crippen LogP contribution in [0.4, 0.5) is 0 Å². The van der Waals surface area contributed by atoms with Crippen LogP contribution in [0.1, 0.15) is 17.5 Å². The first kappa shape index (κ1) is 11.2. The molecule has 0 amide bonds. The van der Waals surface area contributed by atoms with Gasteiger partial charge in [-0.25, -0.2) is 0 Å². The zero-order valence-electron chi connectivity index (χ0n) is 10.1. The Hall–Kier alpha value is -0.900. The summed E-state index contributed by atoms with van der Waals surface area (Å²) < 4.78 is 17.0. The van der Waals surface area contributed by atoms with E-state index in [1.807, 2.05) is 0 Å². The molecule has 0 saturated carbocycles. The number of rotatable bonds is 3. The third-order valence-electron chi connectivity index (χ3n) is 3.42. The van der Waals surface area contributed by atoms with Crippen LogP contribution >= 0.6 is 0 Å². The maximum atomic E-state index is 5.67. The molecule has 3 heteroatoms. The van der Waals surface area contributed by atoms with Crippen molar-refractivity contribution in [2.45, 2.75) is 25.7 Å². The molecule has 1 aromatic rings. The number of hydrogen-bond acceptors (Lipinski definition) is 3. The van der Waals surface area contributed by atoms with Gasteiger partial charge in [0, 0.05) is 12.3 Å². The van der Waals surface area contributed by atoms with Crippen LogP contribution in [0.25, 0.3) is 0 Å². The summed E-state index contributed by atoms with van der Waals surface area (Å²) in [6.45, 7) is 4.42. The average molecular weight is 234 g/mol. The summed E-state index contributed by atoms with van der Waals surface area (Å²) in [6, 6.07) is 8.53. The molecule has 2 bridgehead atoms. The lowest BCUT2D eigenvalue weighted by Crippen LogP contribution is -2.54. The highest BCUT2D eigenvalue weighted by atomic mass is 16.9. The first-order valence-electron chi connectivity index (χ1n) is 6.23. The van der Waals surface area contributed by atoms with Crippen molar-refractivity contribution in [3.63, 3.8) is 0 Å². The molecule has 4 rings (SSSR count). The minimum atomic E-state index is -0.765. The molecule has 92 valence electrons. The van der Waals surface area contributed by atoms with Crippen molar-refractivity contribution < 1.29 is 14.2 Å². The molecule has 0 unspecified atom stereocenters. The summed E-state index contributed by atoms with van der Waals surface area (Å²) in [5.41, 5.74) is 2.60. The molecular weight excluding hydrogens is 216 g/mol. The Morgan fingerprint density at radius 3 is 2.53 bits per heavy atom. The maximum Gasteiger partial charge on any atom is 0.283 e. The van der Waals surface area contributed by atoms with Crippen LogP contribution in [-0.4, -0.2) is 25.8 Å². The molecule has 3 saturated heterocycles. The van der Waals surface area contributed by atoms with Crippen LogP contribution in [-0.2, 0) is 20.6 Å². The minimum absolute atomic E-state index is 0.427. The lowest BCUT2D eigenvalue weighted by molar-refractivity contribution is -0.449. The van der Waals surface area contributed by atoms with Gasteiger partial charge >= 0.3 is 0 Å². The molecule has 0 atom stereocenters. The highest BCUT2D eigenvalue weighted by Crippen LogP contribution is 2.33. The normalized spacial score (nSPS) is 31.7. The monoisotopic (exact) mass is 234 g/mol. The second-order valence-electron chi connectivity index (χ2n) is 4.97. The average Bonchev–Trinajstić information content (AvgIpc) is 2.39. The second kappa shape index (κ2) is 4.41. The summed E-state index contributed by atoms with van der Waals surface area (Å²) >= 11 is 0. The van der Waals surface area contributed by atoms with Crippen LogP contribution in [0.5, 0.6) is 0 Å². The number of aryl methyl sites for hydroxylation is 2. The van der Waals surface area contributed by atoms with E-state index >= 15 is 0 Å². The zero-order valence-corrected chi connectivity index (χ0v) is 10.1. The Balaban J connectivity index is 1.63. The molecule has 0 aromatic heterocycles. The van der Waals surface area contributed by atoms with Gasteiger partial charge in [-0.2, -0.15) is 0 Å². The summed E-state index contributed by atoms with van der Waals surface area (Å²) in [7, 11) is 0. The fraction of sp³-hybridized carbons (Fsp3) is 0.571. The zero-order chi connectivity index (χ0) is 11.7. The largest absolute Gasteiger partial charge is 0.327 e. The molecule has 3 fully saturated rings. The summed E-state index contributed by atoms with van der Waals surface area (Å²) in [5, 5.41) is 0. The Morgan fingerprint density at radius 1 is 1.18 bits per heavy atom. The third kappa shape index (κ3) is 2.37. The van der Waals surface area contributed by atoms with E-state index in [1.165, 1.54) is 11.1 Å². The molecule has 3 heterocycles. The minimum Gasteiger partial charge on any atom is -0.327 e. The van der Waals surface area contributed by atoms with Crippen LogP contribution < -0.4 is 0 Å². The van der Waals surface area contributed by atoms with E-state index < -0.39 is 5.97 Å². The van der Waals surface area contributed by atoms with Gasteiger partial charge in [0.25, 0.3) is 5.97 Å². The van der Waals surface area contributed by atoms with Crippen molar-refractivity contribution in [2.75, 3.05) is 19.8 Å². The van der Waals surface area contributed by atoms with Crippen molar-refractivity contribution in [1.82, 2.24) is 0 Å². The van der Waals surface area contributed by atoms with E-state index in [-0.39, 0.29) is 0 Å². The molecule has 17 heavy (non-hydrogen) atoms. The van der Waals surface area contributed by atoms with Gasteiger partial charge in [0.05, 0.1) is 19.8 Å². The van der Waals surface area contributed by atoms with E-state index in [9.17, 15) is 0 Å². The van der Waals surface area contributed by atoms with Crippen molar-refractivity contribution in [3.8, 4) is 0 Å². The predicted octanol–water partition coefficient (Wildman–Crippen LogP) is 2.27. The SMILES string of the molecule is Cc1cccc(CCC23OCC(CO2)CO3)c1. The molecule has 0 N–H and O–H groups in total. The van der Waals surface area contributed by atoms with Gasteiger partial charge in [-0.3, -0.25) is 0 Å². The lowest BCUT2D eigenvalue weighted by atomic mass is 10.0. The molecule has 3 aliphatic rings. The Kier molecular flexibility index (Phi) is 2.90. The molecular formula is C14H18O3. The first-order chi connectivity index (χ1) is 8.26. The summed E-state index contributed by atoms with van der Waals surface area (Å²) in [6.07, 6.45) is 1.69. The Morgan fingerprint density at radius 2 is 1.88 bits per heavy atom. The van der Waals surface area contributed by atoms with Gasteiger partial charge in [0.15, 0.2) is 0 Å². The van der Waals surface area contributed by atoms with Crippen molar-refractivity contribution in [3.05, 3.63) is 35.4 Å². The van der Waals surface area contributed by atoms with Crippen molar-refractivity contribution in [2.24, 2.45) is 5.92 Å². The van der Waals surface area contributed by atoms with E-state index in [2.05, 4.69) is 31.2 Å². The van der Waals surface area contributed by atoms with E-state index in [0.29, 0.717) is 5.92 Å². The van der Waals surface area contributed by atoms with Gasteiger partial charge in [0.1, 0.15) is 0 Å². The molecule has 3 aliphatic heterocycles. The van der Waals surface area contributed by atoms with Gasteiger partial charge in [-0.05, 0) is 18.9 Å². The number of hydrogen-bond donors (Lipinski definition) is 0. The number of benzene rings is 1. The van der Waals surface area contributed by atoms with Crippen molar-refractivity contribution >= 4 is 0 Å². The lowest BCUT2D eigenvalue weighted by Gasteiger charge is -2.45. The van der Waals surface area contributed by atoms with Gasteiger partial charge in [-0.1, -0.05) is 29.8 Å². The molecule has 0 radical (unpaired) electrons. The van der Waals surface area contributed by atoms with Crippen molar-refractivity contribution in [1.29, 1.82) is 0 Å². The van der Waals surface area contributed by atoms with E-state index in [1.54, 1.807) is 0 Å². The van der Waals surface area contributed by atoms with Gasteiger partial charge < -0.3 is 14.2 Å². The molecule has 3 nitrogen and oxygen atoms in total. The Bertz CT molecular complexity index is 380. The summed E-state index contributed by atoms with van der Waals surface area (Å²) in [4.78, 5) is 0. The predicted molar refractivity (Wildman–Crippen MR) is 63.6 cm³/mol. The van der Waals surface area contributed by atoms with Crippen LogP contribution in [0, 0.1) is 12.8 Å². The number of fused-ring (bicyclic) bond motifs is 3. The first-order valence-corrected chi connectivity index (χ1v) is 6.23. The Labute approximate surface area is 102 Å². The van der Waals surface area contributed by atoms with Crippen LogP contribution in [0.15, 0.2) is 24.3 Å². The highest BCUT2D eigenvalue weighted by molar-refractivity contribution is 5.22. The smallest absolute Gasteiger partial charge is 0.283 e. The topological polar surface area (TPSA) is 27.7 Å².